The highest BCUT2D eigenvalue weighted by Crippen LogP contribution is 2.37. The first kappa shape index (κ1) is 16.4. The van der Waals surface area contributed by atoms with E-state index >= 15 is 0 Å². The molecule has 0 saturated carbocycles. The third-order valence-corrected chi connectivity index (χ3v) is 4.71. The number of hydrogen-bond acceptors (Lipinski definition) is 2. The summed E-state index contributed by atoms with van der Waals surface area (Å²) in [5.74, 6) is 0.508. The Morgan fingerprint density at radius 1 is 0.885 bits per heavy atom. The van der Waals surface area contributed by atoms with Crippen LogP contribution < -0.4 is 10.1 Å². The molecule has 0 heterocycles. The lowest BCUT2D eigenvalue weighted by atomic mass is 10.0. The van der Waals surface area contributed by atoms with Gasteiger partial charge in [0.15, 0.2) is 5.60 Å². The Labute approximate surface area is 153 Å². The summed E-state index contributed by atoms with van der Waals surface area (Å²) < 4.78 is 5.87. The van der Waals surface area contributed by atoms with Crippen LogP contribution in [0.4, 0.5) is 5.69 Å². The molecule has 0 saturated heterocycles. The second-order valence-electron chi connectivity index (χ2n) is 7.09. The van der Waals surface area contributed by atoms with Crippen molar-refractivity contribution in [2.45, 2.75) is 25.9 Å². The van der Waals surface area contributed by atoms with E-state index in [4.69, 9.17) is 4.74 Å². The Morgan fingerprint density at radius 3 is 2.38 bits per heavy atom. The Hall–Kier alpha value is -3.07. The predicted molar refractivity (Wildman–Crippen MR) is 104 cm³/mol. The number of rotatable bonds is 4. The van der Waals surface area contributed by atoms with Crippen LogP contribution in [0, 0.1) is 0 Å². The Morgan fingerprint density at radius 2 is 1.58 bits per heavy atom. The first-order valence-corrected chi connectivity index (χ1v) is 8.80. The molecule has 0 bridgehead atoms. The van der Waals surface area contributed by atoms with Crippen molar-refractivity contribution in [3.63, 3.8) is 0 Å². The van der Waals surface area contributed by atoms with Crippen LogP contribution >= 0.6 is 0 Å². The van der Waals surface area contributed by atoms with Gasteiger partial charge in [0.1, 0.15) is 5.75 Å². The van der Waals surface area contributed by atoms with Crippen molar-refractivity contribution < 1.29 is 9.53 Å². The Bertz CT molecular complexity index is 961. The van der Waals surface area contributed by atoms with Crippen LogP contribution in [0.5, 0.6) is 5.75 Å². The fraction of sp³-hybridized carbons (Fsp3) is 0.174. The highest BCUT2D eigenvalue weighted by molar-refractivity contribution is 5.97. The van der Waals surface area contributed by atoms with Gasteiger partial charge in [-0.05, 0) is 66.8 Å². The van der Waals surface area contributed by atoms with Crippen LogP contribution in [0.3, 0.4) is 0 Å². The summed E-state index contributed by atoms with van der Waals surface area (Å²) in [4.78, 5) is 12.7. The number of para-hydroxylation sites is 1. The Kier molecular flexibility index (Phi) is 4.00. The van der Waals surface area contributed by atoms with Crippen LogP contribution in [-0.2, 0) is 11.2 Å². The summed E-state index contributed by atoms with van der Waals surface area (Å²) in [6, 6.07) is 23.9. The van der Waals surface area contributed by atoms with Gasteiger partial charge in [-0.3, -0.25) is 4.79 Å². The summed E-state index contributed by atoms with van der Waals surface area (Å²) in [6.45, 7) is 3.55. The van der Waals surface area contributed by atoms with E-state index in [9.17, 15) is 4.79 Å². The van der Waals surface area contributed by atoms with Gasteiger partial charge >= 0.3 is 0 Å². The van der Waals surface area contributed by atoms with Gasteiger partial charge in [-0.2, -0.15) is 0 Å². The van der Waals surface area contributed by atoms with Crippen LogP contribution in [-0.4, -0.2) is 11.5 Å². The van der Waals surface area contributed by atoms with E-state index in [2.05, 4.69) is 41.7 Å². The normalized spacial score (nSPS) is 12.2. The van der Waals surface area contributed by atoms with E-state index < -0.39 is 5.60 Å². The zero-order valence-electron chi connectivity index (χ0n) is 15.0. The van der Waals surface area contributed by atoms with E-state index in [-0.39, 0.29) is 5.91 Å². The number of carbonyl (C=O) groups excluding carboxylic acids is 1. The van der Waals surface area contributed by atoms with Crippen molar-refractivity contribution in [2.75, 3.05) is 5.32 Å². The number of amides is 1. The van der Waals surface area contributed by atoms with Gasteiger partial charge in [-0.25, -0.2) is 0 Å². The van der Waals surface area contributed by atoms with E-state index in [0.29, 0.717) is 5.75 Å². The monoisotopic (exact) mass is 343 g/mol. The number of ether oxygens (including phenoxy) is 1. The number of benzene rings is 3. The molecule has 1 N–H and O–H groups in total. The molecule has 1 amide bonds. The highest BCUT2D eigenvalue weighted by atomic mass is 16.5. The third-order valence-electron chi connectivity index (χ3n) is 4.71. The van der Waals surface area contributed by atoms with E-state index in [1.54, 1.807) is 13.8 Å². The predicted octanol–water partition coefficient (Wildman–Crippen LogP) is 5.05. The Balaban J connectivity index is 1.51. The maximum absolute atomic E-state index is 12.7. The number of hydrogen-bond donors (Lipinski definition) is 1. The lowest BCUT2D eigenvalue weighted by molar-refractivity contribution is -0.128. The maximum Gasteiger partial charge on any atom is 0.267 e. The average Bonchev–Trinajstić information content (AvgIpc) is 3.00. The largest absolute Gasteiger partial charge is 0.478 e. The maximum atomic E-state index is 12.7. The van der Waals surface area contributed by atoms with Crippen molar-refractivity contribution in [2.24, 2.45) is 0 Å². The molecule has 4 rings (SSSR count). The van der Waals surface area contributed by atoms with Crippen LogP contribution in [0.15, 0.2) is 72.8 Å². The highest BCUT2D eigenvalue weighted by Gasteiger charge is 2.30. The van der Waals surface area contributed by atoms with Crippen LogP contribution in [0.1, 0.15) is 25.0 Å². The molecule has 3 nitrogen and oxygen atoms in total. The molecule has 1 aliphatic rings. The average molecular weight is 343 g/mol. The first-order chi connectivity index (χ1) is 12.5. The molecule has 26 heavy (non-hydrogen) atoms. The van der Waals surface area contributed by atoms with Crippen molar-refractivity contribution in [3.05, 3.63) is 83.9 Å². The minimum Gasteiger partial charge on any atom is -0.478 e. The number of carbonyl (C=O) groups is 1. The molecule has 0 aromatic heterocycles. The van der Waals surface area contributed by atoms with Gasteiger partial charge in [-0.1, -0.05) is 48.5 Å². The SMILES string of the molecule is CC(C)(Oc1ccccc1)C(=O)Nc1ccc2c(c1)Cc1ccccc1-2. The third kappa shape index (κ3) is 3.08. The molecule has 0 spiro atoms. The molecule has 0 atom stereocenters. The molecule has 0 fully saturated rings. The van der Waals surface area contributed by atoms with Crippen molar-refractivity contribution in [1.82, 2.24) is 0 Å². The molecule has 0 aliphatic heterocycles. The van der Waals surface area contributed by atoms with Crippen LogP contribution in [0.2, 0.25) is 0 Å². The van der Waals surface area contributed by atoms with E-state index in [0.717, 1.165) is 12.1 Å². The molecule has 1 aliphatic carbocycles. The molecule has 0 unspecified atom stereocenters. The zero-order valence-corrected chi connectivity index (χ0v) is 15.0. The molecular formula is C23H21NO2. The van der Waals surface area contributed by atoms with Crippen molar-refractivity contribution >= 4 is 11.6 Å². The molecule has 130 valence electrons. The van der Waals surface area contributed by atoms with Crippen LogP contribution in [0.25, 0.3) is 11.1 Å². The summed E-state index contributed by atoms with van der Waals surface area (Å²) in [5, 5.41) is 2.99. The molecular weight excluding hydrogens is 322 g/mol. The number of nitrogens with one attached hydrogen (secondary N) is 1. The van der Waals surface area contributed by atoms with Crippen molar-refractivity contribution in [3.8, 4) is 16.9 Å². The quantitative estimate of drug-likeness (QED) is 0.563. The molecule has 0 radical (unpaired) electrons. The number of anilines is 1. The summed E-state index contributed by atoms with van der Waals surface area (Å²) in [7, 11) is 0. The van der Waals surface area contributed by atoms with Gasteiger partial charge < -0.3 is 10.1 Å². The fourth-order valence-corrected chi connectivity index (χ4v) is 3.33. The first-order valence-electron chi connectivity index (χ1n) is 8.80. The zero-order chi connectivity index (χ0) is 18.1. The second kappa shape index (κ2) is 6.34. The minimum absolute atomic E-state index is 0.170. The van der Waals surface area contributed by atoms with Crippen molar-refractivity contribution in [1.29, 1.82) is 0 Å². The summed E-state index contributed by atoms with van der Waals surface area (Å²) in [5.41, 5.74) is 4.94. The second-order valence-corrected chi connectivity index (χ2v) is 7.09. The topological polar surface area (TPSA) is 38.3 Å². The lowest BCUT2D eigenvalue weighted by Crippen LogP contribution is -2.42. The molecule has 3 aromatic rings. The molecule has 3 aromatic carbocycles. The van der Waals surface area contributed by atoms with Gasteiger partial charge in [0.05, 0.1) is 0 Å². The van der Waals surface area contributed by atoms with Gasteiger partial charge in [0.25, 0.3) is 5.91 Å². The van der Waals surface area contributed by atoms with E-state index in [1.165, 1.54) is 22.3 Å². The lowest BCUT2D eigenvalue weighted by Gasteiger charge is -2.25. The smallest absolute Gasteiger partial charge is 0.267 e. The summed E-state index contributed by atoms with van der Waals surface area (Å²) >= 11 is 0. The standard InChI is InChI=1S/C23H21NO2/c1-23(2,26-19-9-4-3-5-10-19)22(25)24-18-12-13-21-17(15-18)14-16-8-6-7-11-20(16)21/h3-13,15H,14H2,1-2H3,(H,24,25). The van der Waals surface area contributed by atoms with Gasteiger partial charge in [-0.15, -0.1) is 0 Å². The molecule has 3 heteroatoms. The summed E-state index contributed by atoms with van der Waals surface area (Å²) in [6.07, 6.45) is 0.902. The van der Waals surface area contributed by atoms with Gasteiger partial charge in [0.2, 0.25) is 0 Å². The van der Waals surface area contributed by atoms with Gasteiger partial charge in [0, 0.05) is 5.69 Å². The number of fused-ring (bicyclic) bond motifs is 3. The fourth-order valence-electron chi connectivity index (χ4n) is 3.33. The van der Waals surface area contributed by atoms with E-state index in [1.807, 2.05) is 36.4 Å². The minimum atomic E-state index is -0.969.